The molecule has 2 aliphatic carbocycles. The third-order valence-electron chi connectivity index (χ3n) is 3.43. The average molecular weight is 178 g/mol. The summed E-state index contributed by atoms with van der Waals surface area (Å²) in [5, 5.41) is 0. The Morgan fingerprint density at radius 2 is 2.23 bits per heavy atom. The van der Waals surface area contributed by atoms with E-state index in [-0.39, 0.29) is 17.0 Å². The summed E-state index contributed by atoms with van der Waals surface area (Å²) in [6, 6.07) is 0. The minimum atomic E-state index is -0.371. The minimum Gasteiger partial charge on any atom is -0.299 e. The molecule has 1 fully saturated rings. The molecule has 0 saturated heterocycles. The Balaban J connectivity index is 2.35. The van der Waals surface area contributed by atoms with Crippen molar-refractivity contribution in [2.75, 3.05) is 0 Å². The van der Waals surface area contributed by atoms with Crippen LogP contribution in [0.4, 0.5) is 0 Å². The summed E-state index contributed by atoms with van der Waals surface area (Å²) in [4.78, 5) is 22.9. The average Bonchev–Trinajstić information content (AvgIpc) is 2.07. The molecule has 1 saturated carbocycles. The number of fused-ring (bicyclic) bond motifs is 1. The topological polar surface area (TPSA) is 34.1 Å². The normalized spacial score (nSPS) is 39.0. The maximum Gasteiger partial charge on any atom is 0.156 e. The van der Waals surface area contributed by atoms with Crippen molar-refractivity contribution in [2.45, 2.75) is 32.6 Å². The number of allylic oxidation sites excluding steroid dienone is 2. The molecule has 2 aliphatic rings. The fourth-order valence-electron chi connectivity index (χ4n) is 2.48. The first-order valence-corrected chi connectivity index (χ1v) is 4.87. The van der Waals surface area contributed by atoms with Gasteiger partial charge in [-0.1, -0.05) is 13.0 Å². The zero-order chi connectivity index (χ0) is 9.47. The second-order valence-electron chi connectivity index (χ2n) is 4.34. The molecule has 0 heterocycles. The van der Waals surface area contributed by atoms with Crippen LogP contribution in [0.15, 0.2) is 12.2 Å². The van der Waals surface area contributed by atoms with Crippen LogP contribution in [0.3, 0.4) is 0 Å². The summed E-state index contributed by atoms with van der Waals surface area (Å²) in [5.74, 6) is 0.696. The van der Waals surface area contributed by atoms with Gasteiger partial charge in [-0.15, -0.1) is 0 Å². The molecular formula is C11H14O2. The van der Waals surface area contributed by atoms with Crippen molar-refractivity contribution in [3.63, 3.8) is 0 Å². The maximum absolute atomic E-state index is 11.7. The van der Waals surface area contributed by atoms with E-state index in [2.05, 4.69) is 0 Å². The van der Waals surface area contributed by atoms with E-state index in [1.807, 2.05) is 13.0 Å². The van der Waals surface area contributed by atoms with E-state index in [1.165, 1.54) is 0 Å². The number of carbonyl (C=O) groups is 2. The van der Waals surface area contributed by atoms with E-state index in [0.29, 0.717) is 18.8 Å². The van der Waals surface area contributed by atoms with Crippen molar-refractivity contribution < 1.29 is 9.59 Å². The molecule has 2 nitrogen and oxygen atoms in total. The molecule has 2 atom stereocenters. The predicted molar refractivity (Wildman–Crippen MR) is 49.2 cm³/mol. The minimum absolute atomic E-state index is 0.106. The van der Waals surface area contributed by atoms with Gasteiger partial charge in [0.1, 0.15) is 5.78 Å². The lowest BCUT2D eigenvalue weighted by Gasteiger charge is -2.39. The van der Waals surface area contributed by atoms with E-state index >= 15 is 0 Å². The highest BCUT2D eigenvalue weighted by molar-refractivity contribution is 5.98. The molecule has 0 radical (unpaired) electrons. The Hall–Kier alpha value is -0.920. The number of carbonyl (C=O) groups excluding carboxylic acids is 2. The van der Waals surface area contributed by atoms with E-state index in [1.54, 1.807) is 6.08 Å². The van der Waals surface area contributed by atoms with Gasteiger partial charge in [-0.05, 0) is 24.8 Å². The zero-order valence-corrected chi connectivity index (χ0v) is 7.88. The first-order valence-electron chi connectivity index (χ1n) is 4.87. The monoisotopic (exact) mass is 178 g/mol. The van der Waals surface area contributed by atoms with E-state index < -0.39 is 0 Å². The SMILES string of the molecule is C[C@]12CC(=O)C=C[C@@H]1CCCC2=O. The molecule has 0 amide bonds. The third kappa shape index (κ3) is 1.25. The van der Waals surface area contributed by atoms with E-state index in [0.717, 1.165) is 12.8 Å². The first kappa shape index (κ1) is 8.67. The highest BCUT2D eigenvalue weighted by Gasteiger charge is 2.44. The molecule has 0 bridgehead atoms. The van der Waals surface area contributed by atoms with Crippen molar-refractivity contribution in [2.24, 2.45) is 11.3 Å². The maximum atomic E-state index is 11.7. The lowest BCUT2D eigenvalue weighted by molar-refractivity contribution is -0.137. The van der Waals surface area contributed by atoms with Crippen molar-refractivity contribution in [1.82, 2.24) is 0 Å². The van der Waals surface area contributed by atoms with Gasteiger partial charge in [0.05, 0.1) is 0 Å². The van der Waals surface area contributed by atoms with Gasteiger partial charge in [0.25, 0.3) is 0 Å². The molecule has 2 rings (SSSR count). The van der Waals surface area contributed by atoms with Gasteiger partial charge in [-0.25, -0.2) is 0 Å². The summed E-state index contributed by atoms with van der Waals surface area (Å²) >= 11 is 0. The molecule has 0 aromatic heterocycles. The fourth-order valence-corrected chi connectivity index (χ4v) is 2.48. The van der Waals surface area contributed by atoms with E-state index in [9.17, 15) is 9.59 Å². The smallest absolute Gasteiger partial charge is 0.156 e. The summed E-state index contributed by atoms with van der Waals surface area (Å²) < 4.78 is 0. The van der Waals surface area contributed by atoms with Crippen LogP contribution in [0.1, 0.15) is 32.6 Å². The van der Waals surface area contributed by atoms with Gasteiger partial charge in [0.2, 0.25) is 0 Å². The lowest BCUT2D eigenvalue weighted by Crippen LogP contribution is -2.42. The molecule has 0 aromatic carbocycles. The number of hydrogen-bond donors (Lipinski definition) is 0. The Morgan fingerprint density at radius 3 is 3.00 bits per heavy atom. The zero-order valence-electron chi connectivity index (χ0n) is 7.88. The second kappa shape index (κ2) is 2.79. The Labute approximate surface area is 78.0 Å². The molecule has 0 aromatic rings. The summed E-state index contributed by atoms with van der Waals surface area (Å²) in [5.41, 5.74) is -0.371. The van der Waals surface area contributed by atoms with Crippen molar-refractivity contribution in [3.8, 4) is 0 Å². The first-order chi connectivity index (χ1) is 6.13. The number of hydrogen-bond acceptors (Lipinski definition) is 2. The van der Waals surface area contributed by atoms with Crippen LogP contribution >= 0.6 is 0 Å². The number of Topliss-reactive ketones (excluding diaryl/α,β-unsaturated/α-hetero) is 1. The molecule has 70 valence electrons. The molecule has 0 N–H and O–H groups in total. The summed E-state index contributed by atoms with van der Waals surface area (Å²) in [7, 11) is 0. The Kier molecular flexibility index (Phi) is 1.86. The van der Waals surface area contributed by atoms with Crippen LogP contribution in [0, 0.1) is 11.3 Å². The quantitative estimate of drug-likeness (QED) is 0.567. The van der Waals surface area contributed by atoms with Crippen LogP contribution in [0.25, 0.3) is 0 Å². The molecule has 0 aliphatic heterocycles. The van der Waals surface area contributed by atoms with Crippen molar-refractivity contribution >= 4 is 11.6 Å². The standard InChI is InChI=1S/C11H14O2/c1-11-7-9(12)6-5-8(11)3-2-4-10(11)13/h5-6,8H,2-4,7H2,1H3/t8-,11-/m0/s1. The second-order valence-corrected chi connectivity index (χ2v) is 4.34. The van der Waals surface area contributed by atoms with Crippen LogP contribution < -0.4 is 0 Å². The van der Waals surface area contributed by atoms with Crippen LogP contribution in [-0.4, -0.2) is 11.6 Å². The van der Waals surface area contributed by atoms with Crippen LogP contribution in [0.2, 0.25) is 0 Å². The Bertz CT molecular complexity index is 290. The Morgan fingerprint density at radius 1 is 1.46 bits per heavy atom. The number of rotatable bonds is 0. The van der Waals surface area contributed by atoms with Gasteiger partial charge < -0.3 is 0 Å². The lowest BCUT2D eigenvalue weighted by atomic mass is 9.62. The summed E-state index contributed by atoms with van der Waals surface area (Å²) in [6.45, 7) is 1.94. The van der Waals surface area contributed by atoms with Crippen molar-refractivity contribution in [1.29, 1.82) is 0 Å². The molecule has 0 unspecified atom stereocenters. The van der Waals surface area contributed by atoms with Crippen LogP contribution in [0.5, 0.6) is 0 Å². The molecular weight excluding hydrogens is 164 g/mol. The molecule has 13 heavy (non-hydrogen) atoms. The van der Waals surface area contributed by atoms with Gasteiger partial charge >= 0.3 is 0 Å². The van der Waals surface area contributed by atoms with Gasteiger partial charge in [-0.3, -0.25) is 9.59 Å². The van der Waals surface area contributed by atoms with Crippen LogP contribution in [-0.2, 0) is 9.59 Å². The predicted octanol–water partition coefficient (Wildman–Crippen LogP) is 1.89. The fraction of sp³-hybridized carbons (Fsp3) is 0.636. The summed E-state index contributed by atoms with van der Waals surface area (Å²) in [6.07, 6.45) is 6.71. The molecule has 0 spiro atoms. The van der Waals surface area contributed by atoms with Gasteiger partial charge in [0, 0.05) is 18.3 Å². The highest BCUT2D eigenvalue weighted by Crippen LogP contribution is 2.44. The van der Waals surface area contributed by atoms with Crippen molar-refractivity contribution in [3.05, 3.63) is 12.2 Å². The third-order valence-corrected chi connectivity index (χ3v) is 3.43. The highest BCUT2D eigenvalue weighted by atomic mass is 16.1. The number of ketones is 2. The van der Waals surface area contributed by atoms with Gasteiger partial charge in [0.15, 0.2) is 5.78 Å². The van der Waals surface area contributed by atoms with Gasteiger partial charge in [-0.2, -0.15) is 0 Å². The largest absolute Gasteiger partial charge is 0.299 e. The molecule has 2 heteroatoms. The van der Waals surface area contributed by atoms with E-state index in [4.69, 9.17) is 0 Å².